The number of carbonyl (C=O) groups is 1. The average Bonchev–Trinajstić information content (AvgIpc) is 2.82. The van der Waals surface area contributed by atoms with Gasteiger partial charge in [-0.05, 0) is 48.2 Å². The fraction of sp³-hybridized carbons (Fsp3) is 0.0800. The van der Waals surface area contributed by atoms with Gasteiger partial charge in [0.2, 0.25) is 0 Å². The van der Waals surface area contributed by atoms with Gasteiger partial charge in [0.15, 0.2) is 0 Å². The molecule has 4 aromatic carbocycles. The van der Waals surface area contributed by atoms with Crippen LogP contribution in [0.3, 0.4) is 0 Å². The largest absolute Gasteiger partial charge is 1.00 e. The number of aryl methyl sites for hydroxylation is 1. The SMILES string of the molecule is COc1cc(Cl)ccc1NC(=O)c1cc2ccccc2c(N=Nc2cc(C)c(S(=O)(=O)O)c(Cl)c2)c1[O-].[Na+]. The zero-order valence-electron chi connectivity index (χ0n) is 20.3. The summed E-state index contributed by atoms with van der Waals surface area (Å²) in [5.41, 5.74) is 0.316. The zero-order chi connectivity index (χ0) is 26.9. The van der Waals surface area contributed by atoms with Crippen LogP contribution in [0.4, 0.5) is 17.1 Å². The fourth-order valence-electron chi connectivity index (χ4n) is 3.74. The van der Waals surface area contributed by atoms with Crippen LogP contribution in [0.2, 0.25) is 10.0 Å². The number of hydrogen-bond acceptors (Lipinski definition) is 7. The van der Waals surface area contributed by atoms with Crippen LogP contribution in [0.15, 0.2) is 75.8 Å². The van der Waals surface area contributed by atoms with Crippen LogP contribution in [-0.4, -0.2) is 26.0 Å². The van der Waals surface area contributed by atoms with Crippen LogP contribution in [-0.2, 0) is 10.1 Å². The van der Waals surface area contributed by atoms with Gasteiger partial charge in [-0.15, -0.1) is 0 Å². The Labute approximate surface area is 250 Å². The van der Waals surface area contributed by atoms with Gasteiger partial charge >= 0.3 is 29.6 Å². The summed E-state index contributed by atoms with van der Waals surface area (Å²) in [4.78, 5) is 12.7. The van der Waals surface area contributed by atoms with Gasteiger partial charge in [-0.25, -0.2) is 0 Å². The number of halogens is 2. The molecule has 0 bridgehead atoms. The summed E-state index contributed by atoms with van der Waals surface area (Å²) in [7, 11) is -3.13. The molecule has 0 aromatic heterocycles. The van der Waals surface area contributed by atoms with Crippen molar-refractivity contribution in [3.05, 3.63) is 81.8 Å². The van der Waals surface area contributed by atoms with Gasteiger partial charge in [-0.1, -0.05) is 53.2 Å². The summed E-state index contributed by atoms with van der Waals surface area (Å²) in [5.74, 6) is -1.05. The number of methoxy groups -OCH3 is 1. The molecular formula is C25H18Cl2N3NaO6S. The van der Waals surface area contributed by atoms with Gasteiger partial charge in [0.1, 0.15) is 10.6 Å². The third-order valence-corrected chi connectivity index (χ3v) is 7.07. The van der Waals surface area contributed by atoms with E-state index in [9.17, 15) is 22.9 Å². The number of rotatable bonds is 6. The van der Waals surface area contributed by atoms with Crippen LogP contribution in [0.1, 0.15) is 15.9 Å². The molecule has 0 aliphatic heterocycles. The molecule has 13 heteroatoms. The summed E-state index contributed by atoms with van der Waals surface area (Å²) in [6.45, 7) is 1.43. The Morgan fingerprint density at radius 2 is 1.76 bits per heavy atom. The predicted octanol–water partition coefficient (Wildman–Crippen LogP) is 3.46. The molecule has 0 radical (unpaired) electrons. The van der Waals surface area contributed by atoms with Crippen molar-refractivity contribution in [2.75, 3.05) is 12.4 Å². The molecule has 0 saturated carbocycles. The molecule has 0 aliphatic rings. The second-order valence-electron chi connectivity index (χ2n) is 7.87. The minimum Gasteiger partial charge on any atom is -0.870 e. The summed E-state index contributed by atoms with van der Waals surface area (Å²) < 4.78 is 37.8. The number of nitrogens with zero attached hydrogens (tertiary/aromatic N) is 2. The number of azo groups is 1. The normalized spacial score (nSPS) is 11.4. The average molecular weight is 582 g/mol. The topological polar surface area (TPSA) is 140 Å². The number of benzene rings is 4. The second-order valence-corrected chi connectivity index (χ2v) is 10.1. The van der Waals surface area contributed by atoms with Gasteiger partial charge in [0.25, 0.3) is 16.0 Å². The molecule has 4 aromatic rings. The molecule has 0 heterocycles. The summed E-state index contributed by atoms with van der Waals surface area (Å²) >= 11 is 12.0. The molecule has 4 rings (SSSR count). The first-order valence-corrected chi connectivity index (χ1v) is 12.8. The van der Waals surface area contributed by atoms with E-state index in [1.165, 1.54) is 38.3 Å². The molecule has 38 heavy (non-hydrogen) atoms. The van der Waals surface area contributed by atoms with E-state index in [1.54, 1.807) is 36.4 Å². The maximum atomic E-state index is 13.4. The molecule has 0 aliphatic carbocycles. The number of carbonyl (C=O) groups excluding carboxylic acids is 1. The van der Waals surface area contributed by atoms with Crippen molar-refractivity contribution in [3.63, 3.8) is 0 Å². The maximum Gasteiger partial charge on any atom is 1.00 e. The Hall–Kier alpha value is -2.70. The standard InChI is InChI=1S/C25H19Cl2N3O6S.Na/c1-13-9-16(12-19(27)24(13)37(33,34)35)29-30-22-17-6-4-3-5-14(17)10-18(23(22)31)25(32)28-20-8-7-15(26)11-21(20)36-2;/h3-12,31H,1-2H3,(H,28,32)(H,33,34,35);/q;+1/p-1. The smallest absolute Gasteiger partial charge is 0.870 e. The van der Waals surface area contributed by atoms with Crippen molar-refractivity contribution in [1.82, 2.24) is 0 Å². The van der Waals surface area contributed by atoms with Crippen molar-refractivity contribution in [2.24, 2.45) is 10.2 Å². The summed E-state index contributed by atoms with van der Waals surface area (Å²) in [6.07, 6.45) is 0. The number of ether oxygens (including phenoxy) is 1. The third-order valence-electron chi connectivity index (χ3n) is 5.37. The Balaban J connectivity index is 0.00000400. The number of hydrogen-bond donors (Lipinski definition) is 2. The molecule has 0 spiro atoms. The van der Waals surface area contributed by atoms with E-state index in [2.05, 4.69) is 15.5 Å². The quantitative estimate of drug-likeness (QED) is 0.203. The molecule has 0 unspecified atom stereocenters. The van der Waals surface area contributed by atoms with Gasteiger partial charge in [-0.2, -0.15) is 18.6 Å². The van der Waals surface area contributed by atoms with Crippen LogP contribution >= 0.6 is 23.2 Å². The van der Waals surface area contributed by atoms with Gasteiger partial charge in [0, 0.05) is 22.0 Å². The molecule has 0 saturated heterocycles. The number of fused-ring (bicyclic) bond motifs is 1. The first-order valence-electron chi connectivity index (χ1n) is 10.6. The van der Waals surface area contributed by atoms with Crippen LogP contribution < -0.4 is 44.7 Å². The molecular weight excluding hydrogens is 564 g/mol. The van der Waals surface area contributed by atoms with E-state index in [1.807, 2.05) is 0 Å². The minimum atomic E-state index is -4.55. The van der Waals surface area contributed by atoms with E-state index in [-0.39, 0.29) is 57.1 Å². The first-order chi connectivity index (χ1) is 17.5. The first kappa shape index (κ1) is 29.9. The summed E-state index contributed by atoms with van der Waals surface area (Å²) in [5, 5.41) is 25.3. The molecule has 2 N–H and O–H groups in total. The molecule has 1 amide bonds. The van der Waals surface area contributed by atoms with Crippen molar-refractivity contribution >= 4 is 67.1 Å². The zero-order valence-corrected chi connectivity index (χ0v) is 24.6. The van der Waals surface area contributed by atoms with E-state index >= 15 is 0 Å². The molecule has 9 nitrogen and oxygen atoms in total. The van der Waals surface area contributed by atoms with Gasteiger partial charge in [0.05, 0.1) is 29.2 Å². The van der Waals surface area contributed by atoms with Crippen molar-refractivity contribution in [3.8, 4) is 11.5 Å². The van der Waals surface area contributed by atoms with E-state index in [4.69, 9.17) is 27.9 Å². The Kier molecular flexibility index (Phi) is 9.43. The monoisotopic (exact) mass is 581 g/mol. The van der Waals surface area contributed by atoms with Crippen LogP contribution in [0.5, 0.6) is 11.5 Å². The molecule has 190 valence electrons. The van der Waals surface area contributed by atoms with Gasteiger partial charge in [-0.3, -0.25) is 9.35 Å². The summed E-state index contributed by atoms with van der Waals surface area (Å²) in [6, 6.07) is 15.5. The Morgan fingerprint density at radius 1 is 1.05 bits per heavy atom. The Bertz CT molecular complexity index is 1670. The van der Waals surface area contributed by atoms with E-state index in [0.717, 1.165) is 0 Å². The van der Waals surface area contributed by atoms with Crippen LogP contribution in [0.25, 0.3) is 10.8 Å². The second kappa shape index (κ2) is 12.0. The molecule has 0 atom stereocenters. The maximum absolute atomic E-state index is 13.4. The van der Waals surface area contributed by atoms with E-state index < -0.39 is 26.7 Å². The fourth-order valence-corrected chi connectivity index (χ4v) is 5.23. The van der Waals surface area contributed by atoms with Crippen molar-refractivity contribution < 1.29 is 57.2 Å². The number of anilines is 1. The van der Waals surface area contributed by atoms with E-state index in [0.29, 0.717) is 27.2 Å². The number of amides is 1. The van der Waals surface area contributed by atoms with Crippen molar-refractivity contribution in [1.29, 1.82) is 0 Å². The Morgan fingerprint density at radius 3 is 2.42 bits per heavy atom. The minimum absolute atomic E-state index is 0. The number of nitrogens with one attached hydrogen (secondary N) is 1. The molecule has 0 fully saturated rings. The predicted molar refractivity (Wildman–Crippen MR) is 140 cm³/mol. The van der Waals surface area contributed by atoms with Crippen molar-refractivity contribution in [2.45, 2.75) is 11.8 Å². The van der Waals surface area contributed by atoms with Crippen LogP contribution in [0, 0.1) is 6.92 Å². The third kappa shape index (κ3) is 6.29. The van der Waals surface area contributed by atoms with Gasteiger partial charge < -0.3 is 15.2 Å².